The zero-order valence-corrected chi connectivity index (χ0v) is 23.4. The molecule has 1 heterocycles. The fourth-order valence-electron chi connectivity index (χ4n) is 6.25. The van der Waals surface area contributed by atoms with Crippen LogP contribution in [0.5, 0.6) is 23.0 Å². The van der Waals surface area contributed by atoms with Crippen LogP contribution in [0, 0.1) is 4.91 Å². The highest BCUT2D eigenvalue weighted by molar-refractivity contribution is 6.07. The lowest BCUT2D eigenvalue weighted by molar-refractivity contribution is 0.163. The summed E-state index contributed by atoms with van der Waals surface area (Å²) in [6.45, 7) is 0.347. The van der Waals surface area contributed by atoms with E-state index in [-0.39, 0.29) is 13.2 Å². The first-order valence-electron chi connectivity index (χ1n) is 14.0. The highest BCUT2D eigenvalue weighted by Gasteiger charge is 2.40. The maximum Gasteiger partial charge on any atom is 0.178 e. The van der Waals surface area contributed by atoms with Crippen LogP contribution in [0.1, 0.15) is 27.8 Å². The van der Waals surface area contributed by atoms with Crippen LogP contribution >= 0.6 is 0 Å². The number of rotatable bonds is 8. The van der Waals surface area contributed by atoms with Gasteiger partial charge in [0.15, 0.2) is 5.60 Å². The van der Waals surface area contributed by atoms with Gasteiger partial charge in [-0.05, 0) is 82.6 Å². The molecule has 208 valence electrons. The van der Waals surface area contributed by atoms with Crippen molar-refractivity contribution in [2.45, 2.75) is 12.0 Å². The number of hydrogen-bond donors (Lipinski definition) is 0. The first-order chi connectivity index (χ1) is 20.6. The Bertz CT molecular complexity index is 1850. The van der Waals surface area contributed by atoms with Gasteiger partial charge in [-0.25, -0.2) is 0 Å². The molecule has 1 aliphatic heterocycles. The van der Waals surface area contributed by atoms with Crippen molar-refractivity contribution in [2.24, 2.45) is 5.18 Å². The Morgan fingerprint density at radius 2 is 1.52 bits per heavy atom. The third-order valence-electron chi connectivity index (χ3n) is 8.25. The second kappa shape index (κ2) is 10.4. The normalized spacial score (nSPS) is 16.2. The zero-order chi connectivity index (χ0) is 28.7. The van der Waals surface area contributed by atoms with Crippen LogP contribution in [0.2, 0.25) is 0 Å². The Hall–Kier alpha value is -5.10. The van der Waals surface area contributed by atoms with Crippen LogP contribution in [0.25, 0.3) is 28.0 Å². The quantitative estimate of drug-likeness (QED) is 0.141. The number of benzene rings is 5. The van der Waals surface area contributed by atoms with E-state index in [9.17, 15) is 4.91 Å². The Morgan fingerprint density at radius 1 is 0.810 bits per heavy atom. The fourth-order valence-corrected chi connectivity index (χ4v) is 6.25. The van der Waals surface area contributed by atoms with E-state index in [2.05, 4.69) is 53.7 Å². The molecule has 0 saturated heterocycles. The predicted molar refractivity (Wildman–Crippen MR) is 165 cm³/mol. The molecule has 0 aromatic heterocycles. The molecule has 1 aliphatic carbocycles. The number of ether oxygens (including phenoxy) is 4. The molecule has 0 amide bonds. The van der Waals surface area contributed by atoms with Crippen molar-refractivity contribution in [3.05, 3.63) is 130 Å². The van der Waals surface area contributed by atoms with E-state index in [1.54, 1.807) is 14.2 Å². The number of nitroso groups, excluding NO2 is 1. The molecule has 7 rings (SSSR count). The first-order valence-corrected chi connectivity index (χ1v) is 14.0. The van der Waals surface area contributed by atoms with Gasteiger partial charge in [0, 0.05) is 22.1 Å². The van der Waals surface area contributed by atoms with E-state index >= 15 is 0 Å². The summed E-state index contributed by atoms with van der Waals surface area (Å²) in [5.41, 5.74) is 7.11. The van der Waals surface area contributed by atoms with Gasteiger partial charge in [0.05, 0.1) is 14.2 Å². The average Bonchev–Trinajstić information content (AvgIpc) is 3.44. The molecule has 1 atom stereocenters. The Balaban J connectivity index is 1.43. The molecule has 0 spiro atoms. The molecule has 6 nitrogen and oxygen atoms in total. The molecular formula is C36H29NO5. The summed E-state index contributed by atoms with van der Waals surface area (Å²) in [4.78, 5) is 10.5. The zero-order valence-electron chi connectivity index (χ0n) is 23.4. The predicted octanol–water partition coefficient (Wildman–Crippen LogP) is 7.92. The molecule has 0 radical (unpaired) electrons. The van der Waals surface area contributed by atoms with Gasteiger partial charge < -0.3 is 18.9 Å². The third kappa shape index (κ3) is 4.10. The number of hydrogen-bond acceptors (Lipinski definition) is 6. The highest BCUT2D eigenvalue weighted by atomic mass is 16.5. The molecule has 0 N–H and O–H groups in total. The maximum atomic E-state index is 10.5. The van der Waals surface area contributed by atoms with Gasteiger partial charge in [-0.2, -0.15) is 4.91 Å². The van der Waals surface area contributed by atoms with Gasteiger partial charge in [0.25, 0.3) is 0 Å². The molecule has 0 bridgehead atoms. The van der Waals surface area contributed by atoms with Gasteiger partial charge in [0.1, 0.15) is 36.1 Å². The summed E-state index contributed by atoms with van der Waals surface area (Å²) in [6.07, 6.45) is 5.17. The minimum atomic E-state index is -0.879. The molecule has 1 unspecified atom stereocenters. The van der Waals surface area contributed by atoms with Gasteiger partial charge in [-0.3, -0.25) is 0 Å². The van der Waals surface area contributed by atoms with Crippen LogP contribution in [0.15, 0.2) is 102 Å². The summed E-state index contributed by atoms with van der Waals surface area (Å²) in [7, 11) is 3.39. The molecule has 5 aromatic carbocycles. The Kier molecular flexibility index (Phi) is 6.39. The standard InChI is InChI=1S/C36H29NO5/c1-39-27-12-14-29-23(20-27)21-32-31-16-17-36(24-6-4-3-5-7-24,25-8-10-26(11-9-25)41-19-18-37-38)42-35(31)33-22-28(40-2)13-15-30(33)34(29)32/h3-17,20,22H,18-19,21H2,1-2H3. The van der Waals surface area contributed by atoms with Crippen molar-refractivity contribution in [1.82, 2.24) is 0 Å². The molecular weight excluding hydrogens is 526 g/mol. The second-order valence-electron chi connectivity index (χ2n) is 10.5. The van der Waals surface area contributed by atoms with Crippen LogP contribution in [0.3, 0.4) is 0 Å². The minimum Gasteiger partial charge on any atom is -0.497 e. The average molecular weight is 556 g/mol. The van der Waals surface area contributed by atoms with E-state index in [0.29, 0.717) is 5.75 Å². The Morgan fingerprint density at radius 3 is 2.29 bits per heavy atom. The van der Waals surface area contributed by atoms with Crippen LogP contribution in [0.4, 0.5) is 0 Å². The Labute approximate surface area is 244 Å². The summed E-state index contributed by atoms with van der Waals surface area (Å²) >= 11 is 0. The number of methoxy groups -OCH3 is 2. The summed E-state index contributed by atoms with van der Waals surface area (Å²) < 4.78 is 24.2. The summed E-state index contributed by atoms with van der Waals surface area (Å²) in [5.74, 6) is 3.12. The van der Waals surface area contributed by atoms with Crippen molar-refractivity contribution < 1.29 is 18.9 Å². The van der Waals surface area contributed by atoms with E-state index in [1.165, 1.54) is 22.3 Å². The highest BCUT2D eigenvalue weighted by Crippen LogP contribution is 2.53. The second-order valence-corrected chi connectivity index (χ2v) is 10.5. The first kappa shape index (κ1) is 25.8. The van der Waals surface area contributed by atoms with Gasteiger partial charge >= 0.3 is 0 Å². The van der Waals surface area contributed by atoms with E-state index in [0.717, 1.165) is 51.1 Å². The van der Waals surface area contributed by atoms with Crippen molar-refractivity contribution in [1.29, 1.82) is 0 Å². The molecule has 42 heavy (non-hydrogen) atoms. The monoisotopic (exact) mass is 555 g/mol. The number of nitrogens with zero attached hydrogens (tertiary/aromatic N) is 1. The topological polar surface area (TPSA) is 66.3 Å². The summed E-state index contributed by atoms with van der Waals surface area (Å²) in [6, 6.07) is 30.6. The molecule has 5 aromatic rings. The SMILES string of the molecule is COc1ccc2c(c1)Cc1c3c(c4cc(OC)ccc4c1-2)OC(c1ccccc1)(c1ccc(OCCN=O)cc1)C=C3. The fraction of sp³-hybridized carbons (Fsp3) is 0.167. The van der Waals surface area contributed by atoms with E-state index in [4.69, 9.17) is 18.9 Å². The largest absolute Gasteiger partial charge is 0.497 e. The third-order valence-corrected chi connectivity index (χ3v) is 8.25. The molecule has 6 heteroatoms. The smallest absolute Gasteiger partial charge is 0.178 e. The van der Waals surface area contributed by atoms with Crippen LogP contribution in [-0.4, -0.2) is 27.4 Å². The van der Waals surface area contributed by atoms with E-state index in [1.807, 2.05) is 54.6 Å². The van der Waals surface area contributed by atoms with Crippen molar-refractivity contribution >= 4 is 16.8 Å². The summed E-state index contributed by atoms with van der Waals surface area (Å²) in [5, 5.41) is 5.00. The van der Waals surface area contributed by atoms with Crippen molar-refractivity contribution in [3.8, 4) is 34.1 Å². The van der Waals surface area contributed by atoms with Crippen molar-refractivity contribution in [3.63, 3.8) is 0 Å². The van der Waals surface area contributed by atoms with Gasteiger partial charge in [0.2, 0.25) is 0 Å². The van der Waals surface area contributed by atoms with Gasteiger partial charge in [-0.1, -0.05) is 59.8 Å². The molecule has 2 aliphatic rings. The number of fused-ring (bicyclic) bond motifs is 8. The van der Waals surface area contributed by atoms with Crippen molar-refractivity contribution in [2.75, 3.05) is 27.4 Å². The lowest BCUT2D eigenvalue weighted by Crippen LogP contribution is -2.34. The molecule has 0 fully saturated rings. The lowest BCUT2D eigenvalue weighted by Gasteiger charge is -2.37. The van der Waals surface area contributed by atoms with Crippen LogP contribution < -0.4 is 18.9 Å². The molecule has 0 saturated carbocycles. The van der Waals surface area contributed by atoms with Gasteiger partial charge in [-0.15, -0.1) is 0 Å². The maximum absolute atomic E-state index is 10.5. The lowest BCUT2D eigenvalue weighted by atomic mass is 9.82. The van der Waals surface area contributed by atoms with E-state index < -0.39 is 5.60 Å². The minimum absolute atomic E-state index is 0.107. The van der Waals surface area contributed by atoms with Crippen LogP contribution in [-0.2, 0) is 12.0 Å².